The normalized spacial score (nSPS) is 12.7. The minimum atomic E-state index is -0.397. The molecule has 0 bridgehead atoms. The summed E-state index contributed by atoms with van der Waals surface area (Å²) in [6, 6.07) is 10.2. The van der Waals surface area contributed by atoms with E-state index in [0.29, 0.717) is 18.5 Å². The van der Waals surface area contributed by atoms with E-state index in [9.17, 15) is 5.11 Å². The number of halogens is 1. The van der Waals surface area contributed by atoms with Crippen molar-refractivity contribution < 1.29 is 9.84 Å². The van der Waals surface area contributed by atoms with Crippen LogP contribution in [0, 0.1) is 0 Å². The van der Waals surface area contributed by atoms with Gasteiger partial charge in [-0.1, -0.05) is 46.3 Å². The maximum Gasteiger partial charge on any atom is 0.0870 e. The molecule has 1 N–H and O–H groups in total. The highest BCUT2D eigenvalue weighted by molar-refractivity contribution is 9.09. The van der Waals surface area contributed by atoms with Gasteiger partial charge < -0.3 is 9.84 Å². The second-order valence-corrected chi connectivity index (χ2v) is 3.77. The van der Waals surface area contributed by atoms with Gasteiger partial charge in [0.05, 0.1) is 19.3 Å². The summed E-state index contributed by atoms with van der Waals surface area (Å²) >= 11 is 3.18. The molecule has 0 unspecified atom stereocenters. The van der Waals surface area contributed by atoms with E-state index < -0.39 is 6.10 Å². The monoisotopic (exact) mass is 258 g/mol. The van der Waals surface area contributed by atoms with E-state index in [4.69, 9.17) is 4.74 Å². The number of alkyl halides is 1. The average molecular weight is 259 g/mol. The molecular formula is C11H15BrO2. The molecule has 0 fully saturated rings. The van der Waals surface area contributed by atoms with E-state index in [1.165, 1.54) is 5.56 Å². The smallest absolute Gasteiger partial charge is 0.0870 e. The molecule has 0 saturated carbocycles. The second-order valence-electron chi connectivity index (χ2n) is 3.12. The van der Waals surface area contributed by atoms with Gasteiger partial charge in [-0.2, -0.15) is 0 Å². The SMILES string of the molecule is O[C@@H](CBr)COCCc1ccccc1. The maximum absolute atomic E-state index is 9.18. The van der Waals surface area contributed by atoms with Crippen molar-refractivity contribution in [1.29, 1.82) is 0 Å². The Kier molecular flexibility index (Phi) is 5.83. The standard InChI is InChI=1S/C11H15BrO2/c12-8-11(13)9-14-7-6-10-4-2-1-3-5-10/h1-5,11,13H,6-9H2/t11-/m0/s1. The Labute approximate surface area is 93.0 Å². The molecule has 78 valence electrons. The Morgan fingerprint density at radius 2 is 2.00 bits per heavy atom. The van der Waals surface area contributed by atoms with Gasteiger partial charge in [0.2, 0.25) is 0 Å². The fourth-order valence-corrected chi connectivity index (χ4v) is 1.29. The summed E-state index contributed by atoms with van der Waals surface area (Å²) in [5.74, 6) is 0. The first kappa shape index (κ1) is 11.7. The molecule has 0 aromatic heterocycles. The van der Waals surface area contributed by atoms with E-state index in [-0.39, 0.29) is 0 Å². The molecule has 0 spiro atoms. The summed E-state index contributed by atoms with van der Waals surface area (Å²) < 4.78 is 5.31. The summed E-state index contributed by atoms with van der Waals surface area (Å²) in [6.45, 7) is 1.06. The molecule has 14 heavy (non-hydrogen) atoms. The van der Waals surface area contributed by atoms with Crippen LogP contribution in [0.2, 0.25) is 0 Å². The van der Waals surface area contributed by atoms with Crippen LogP contribution in [0.3, 0.4) is 0 Å². The molecule has 0 aliphatic heterocycles. The van der Waals surface area contributed by atoms with Crippen LogP contribution >= 0.6 is 15.9 Å². The van der Waals surface area contributed by atoms with Gasteiger partial charge in [-0.25, -0.2) is 0 Å². The number of hydrogen-bond donors (Lipinski definition) is 1. The molecule has 0 aliphatic rings. The lowest BCUT2D eigenvalue weighted by Gasteiger charge is -2.07. The van der Waals surface area contributed by atoms with Gasteiger partial charge in [0, 0.05) is 5.33 Å². The zero-order valence-corrected chi connectivity index (χ0v) is 9.61. The first-order valence-corrected chi connectivity index (χ1v) is 5.81. The number of aliphatic hydroxyl groups excluding tert-OH is 1. The number of benzene rings is 1. The molecule has 1 aromatic carbocycles. The molecule has 2 nitrogen and oxygen atoms in total. The number of aliphatic hydroxyl groups is 1. The van der Waals surface area contributed by atoms with Gasteiger partial charge in [-0.3, -0.25) is 0 Å². The molecular weight excluding hydrogens is 244 g/mol. The van der Waals surface area contributed by atoms with Crippen molar-refractivity contribution in [3.05, 3.63) is 35.9 Å². The first-order valence-electron chi connectivity index (χ1n) is 4.68. The third-order valence-corrected chi connectivity index (χ3v) is 2.61. The van der Waals surface area contributed by atoms with E-state index in [1.807, 2.05) is 18.2 Å². The Balaban J connectivity index is 2.10. The van der Waals surface area contributed by atoms with Crippen molar-refractivity contribution in [2.24, 2.45) is 0 Å². The zero-order valence-electron chi connectivity index (χ0n) is 8.03. The summed E-state index contributed by atoms with van der Waals surface area (Å²) in [4.78, 5) is 0. The molecule has 0 amide bonds. The molecule has 1 atom stereocenters. The maximum atomic E-state index is 9.18. The first-order chi connectivity index (χ1) is 6.83. The highest BCUT2D eigenvalue weighted by atomic mass is 79.9. The molecule has 3 heteroatoms. The van der Waals surface area contributed by atoms with Crippen LogP contribution in [-0.4, -0.2) is 29.8 Å². The Bertz CT molecular complexity index is 238. The van der Waals surface area contributed by atoms with E-state index >= 15 is 0 Å². The van der Waals surface area contributed by atoms with Crippen molar-refractivity contribution >= 4 is 15.9 Å². The van der Waals surface area contributed by atoms with Gasteiger partial charge in [0.25, 0.3) is 0 Å². The quantitative estimate of drug-likeness (QED) is 0.625. The Morgan fingerprint density at radius 3 is 2.64 bits per heavy atom. The lowest BCUT2D eigenvalue weighted by Crippen LogP contribution is -2.17. The molecule has 0 heterocycles. The topological polar surface area (TPSA) is 29.5 Å². The highest BCUT2D eigenvalue weighted by Gasteiger charge is 2.00. The van der Waals surface area contributed by atoms with Gasteiger partial charge in [0.1, 0.15) is 0 Å². The lowest BCUT2D eigenvalue weighted by atomic mass is 10.2. The van der Waals surface area contributed by atoms with Crippen LogP contribution in [0.15, 0.2) is 30.3 Å². The van der Waals surface area contributed by atoms with Gasteiger partial charge in [-0.15, -0.1) is 0 Å². The van der Waals surface area contributed by atoms with Crippen LogP contribution < -0.4 is 0 Å². The average Bonchev–Trinajstić information content (AvgIpc) is 2.25. The van der Waals surface area contributed by atoms with Crippen molar-refractivity contribution in [3.63, 3.8) is 0 Å². The minimum absolute atomic E-state index is 0.397. The summed E-state index contributed by atoms with van der Waals surface area (Å²) in [5, 5.41) is 9.75. The van der Waals surface area contributed by atoms with E-state index in [1.54, 1.807) is 0 Å². The summed E-state index contributed by atoms with van der Waals surface area (Å²) in [7, 11) is 0. The molecule has 0 radical (unpaired) electrons. The van der Waals surface area contributed by atoms with Crippen LogP contribution in [-0.2, 0) is 11.2 Å². The number of rotatable bonds is 6. The van der Waals surface area contributed by atoms with Gasteiger partial charge in [-0.05, 0) is 12.0 Å². The zero-order chi connectivity index (χ0) is 10.2. The molecule has 1 rings (SSSR count). The Hall–Kier alpha value is -0.380. The van der Waals surface area contributed by atoms with E-state index in [0.717, 1.165) is 6.42 Å². The third-order valence-electron chi connectivity index (χ3n) is 1.87. The second kappa shape index (κ2) is 6.98. The number of hydrogen-bond acceptors (Lipinski definition) is 2. The van der Waals surface area contributed by atoms with E-state index in [2.05, 4.69) is 28.1 Å². The van der Waals surface area contributed by atoms with Crippen molar-refractivity contribution in [2.75, 3.05) is 18.5 Å². The van der Waals surface area contributed by atoms with Crippen molar-refractivity contribution in [1.82, 2.24) is 0 Å². The van der Waals surface area contributed by atoms with Crippen LogP contribution in [0.1, 0.15) is 5.56 Å². The summed E-state index contributed by atoms with van der Waals surface area (Å²) in [6.07, 6.45) is 0.501. The lowest BCUT2D eigenvalue weighted by molar-refractivity contribution is 0.0506. The molecule has 0 saturated heterocycles. The molecule has 1 aromatic rings. The fraction of sp³-hybridized carbons (Fsp3) is 0.455. The van der Waals surface area contributed by atoms with Crippen molar-refractivity contribution in [2.45, 2.75) is 12.5 Å². The Morgan fingerprint density at radius 1 is 1.29 bits per heavy atom. The van der Waals surface area contributed by atoms with Crippen LogP contribution in [0.25, 0.3) is 0 Å². The van der Waals surface area contributed by atoms with Crippen LogP contribution in [0.4, 0.5) is 0 Å². The predicted molar refractivity (Wildman–Crippen MR) is 60.8 cm³/mol. The largest absolute Gasteiger partial charge is 0.390 e. The number of ether oxygens (including phenoxy) is 1. The van der Waals surface area contributed by atoms with Gasteiger partial charge in [0.15, 0.2) is 0 Å². The third kappa shape index (κ3) is 4.74. The molecule has 0 aliphatic carbocycles. The summed E-state index contributed by atoms with van der Waals surface area (Å²) in [5.41, 5.74) is 1.26. The highest BCUT2D eigenvalue weighted by Crippen LogP contribution is 2.00. The fourth-order valence-electron chi connectivity index (χ4n) is 1.10. The van der Waals surface area contributed by atoms with Crippen molar-refractivity contribution in [3.8, 4) is 0 Å². The van der Waals surface area contributed by atoms with Crippen LogP contribution in [0.5, 0.6) is 0 Å². The predicted octanol–water partition coefficient (Wildman–Crippen LogP) is 2.00. The van der Waals surface area contributed by atoms with Gasteiger partial charge >= 0.3 is 0 Å². The minimum Gasteiger partial charge on any atom is -0.390 e.